The van der Waals surface area contributed by atoms with Gasteiger partial charge in [-0.25, -0.2) is 4.98 Å². The number of aliphatic hydroxyl groups is 1. The summed E-state index contributed by atoms with van der Waals surface area (Å²) in [5.74, 6) is -3.27. The van der Waals surface area contributed by atoms with Gasteiger partial charge < -0.3 is 9.94 Å². The average Bonchev–Trinajstić information content (AvgIpc) is 2.91. The molecule has 0 bridgehead atoms. The van der Waals surface area contributed by atoms with E-state index in [1.165, 1.54) is 0 Å². The largest absolute Gasteiger partial charge is 0.458 e. The van der Waals surface area contributed by atoms with Gasteiger partial charge in [-0.2, -0.15) is 13.2 Å². The third-order valence-electron chi connectivity index (χ3n) is 3.39. The molecule has 1 aliphatic heterocycles. The summed E-state index contributed by atoms with van der Waals surface area (Å²) in [5, 5.41) is 13.1. The van der Waals surface area contributed by atoms with Crippen LogP contribution in [-0.2, 0) is 4.84 Å². The first-order valence-corrected chi connectivity index (χ1v) is 6.94. The van der Waals surface area contributed by atoms with Crippen molar-refractivity contribution in [2.24, 2.45) is 5.16 Å². The van der Waals surface area contributed by atoms with Crippen molar-refractivity contribution in [3.63, 3.8) is 0 Å². The number of hydrogen-bond donors (Lipinski definition) is 1. The van der Waals surface area contributed by atoms with Crippen LogP contribution in [0, 0.1) is 0 Å². The maximum Gasteiger partial charge on any atom is 0.458 e. The lowest BCUT2D eigenvalue weighted by molar-refractivity contribution is -0.355. The summed E-state index contributed by atoms with van der Waals surface area (Å²) < 4.78 is 38.1. The Morgan fingerprint density at radius 3 is 2.30 bits per heavy atom. The second-order valence-electron chi connectivity index (χ2n) is 5.01. The SMILES string of the molecule is OC1(C(F)(F)F)CC(c2ccc(-c3cccc(Cl)n3)cc2)=NO1. The Bertz CT molecular complexity index is 762. The van der Waals surface area contributed by atoms with Gasteiger partial charge in [-0.3, -0.25) is 0 Å². The van der Waals surface area contributed by atoms with Crippen LogP contribution >= 0.6 is 11.6 Å². The quantitative estimate of drug-likeness (QED) is 0.845. The topological polar surface area (TPSA) is 54.7 Å². The molecule has 0 amide bonds. The highest BCUT2D eigenvalue weighted by Crippen LogP contribution is 2.39. The van der Waals surface area contributed by atoms with E-state index < -0.39 is 18.4 Å². The van der Waals surface area contributed by atoms with Crippen molar-refractivity contribution in [2.45, 2.75) is 18.4 Å². The summed E-state index contributed by atoms with van der Waals surface area (Å²) in [7, 11) is 0. The van der Waals surface area contributed by atoms with Crippen molar-refractivity contribution in [1.29, 1.82) is 0 Å². The predicted molar refractivity (Wildman–Crippen MR) is 77.9 cm³/mol. The third kappa shape index (κ3) is 3.02. The van der Waals surface area contributed by atoms with Crippen LogP contribution in [0.3, 0.4) is 0 Å². The Labute approximate surface area is 134 Å². The first-order valence-electron chi connectivity index (χ1n) is 6.56. The highest BCUT2D eigenvalue weighted by atomic mass is 35.5. The van der Waals surface area contributed by atoms with Crippen molar-refractivity contribution >= 4 is 17.3 Å². The Morgan fingerprint density at radius 2 is 1.74 bits per heavy atom. The van der Waals surface area contributed by atoms with Gasteiger partial charge in [0.25, 0.3) is 0 Å². The summed E-state index contributed by atoms with van der Waals surface area (Å²) in [6.07, 6.45) is -5.67. The predicted octanol–water partition coefficient (Wildman–Crippen LogP) is 3.78. The molecule has 0 spiro atoms. The lowest BCUT2D eigenvalue weighted by atomic mass is 10.0. The molecule has 0 fully saturated rings. The summed E-state index contributed by atoms with van der Waals surface area (Å²) in [6.45, 7) is 0. The van der Waals surface area contributed by atoms with E-state index in [4.69, 9.17) is 11.6 Å². The minimum absolute atomic E-state index is 0.0235. The maximum absolute atomic E-state index is 12.7. The summed E-state index contributed by atoms with van der Waals surface area (Å²) in [4.78, 5) is 8.34. The summed E-state index contributed by atoms with van der Waals surface area (Å²) in [6, 6.07) is 11.7. The zero-order chi connectivity index (χ0) is 16.7. The van der Waals surface area contributed by atoms with Gasteiger partial charge >= 0.3 is 12.0 Å². The second-order valence-corrected chi connectivity index (χ2v) is 5.40. The fraction of sp³-hybridized carbons (Fsp3) is 0.200. The first-order chi connectivity index (χ1) is 10.8. The Balaban J connectivity index is 1.82. The van der Waals surface area contributed by atoms with E-state index in [1.54, 1.807) is 42.5 Å². The third-order valence-corrected chi connectivity index (χ3v) is 3.60. The molecule has 3 rings (SSSR count). The molecule has 0 aliphatic carbocycles. The van der Waals surface area contributed by atoms with Crippen LogP contribution in [0.4, 0.5) is 13.2 Å². The summed E-state index contributed by atoms with van der Waals surface area (Å²) in [5.41, 5.74) is 1.84. The van der Waals surface area contributed by atoms with Gasteiger partial charge in [0.05, 0.1) is 17.8 Å². The molecule has 23 heavy (non-hydrogen) atoms. The molecule has 0 saturated heterocycles. The fourth-order valence-electron chi connectivity index (χ4n) is 2.13. The minimum atomic E-state index is -4.91. The van der Waals surface area contributed by atoms with Crippen LogP contribution in [0.5, 0.6) is 0 Å². The van der Waals surface area contributed by atoms with E-state index in [9.17, 15) is 18.3 Å². The molecular formula is C15H10ClF3N2O2. The Kier molecular flexibility index (Phi) is 3.77. The smallest absolute Gasteiger partial charge is 0.350 e. The van der Waals surface area contributed by atoms with Crippen LogP contribution < -0.4 is 0 Å². The number of oxime groups is 1. The number of rotatable bonds is 2. The molecule has 1 aromatic heterocycles. The normalized spacial score (nSPS) is 21.0. The van der Waals surface area contributed by atoms with Gasteiger partial charge in [0.2, 0.25) is 0 Å². The number of nitrogens with zero attached hydrogens (tertiary/aromatic N) is 2. The van der Waals surface area contributed by atoms with Crippen LogP contribution in [-0.4, -0.2) is 27.8 Å². The molecule has 1 N–H and O–H groups in total. The molecule has 0 saturated carbocycles. The standard InChI is InChI=1S/C15H10ClF3N2O2/c16-13-3-1-2-11(20-13)9-4-6-10(7-5-9)12-8-14(22,23-21-12)15(17,18)19/h1-7,22H,8H2. The molecule has 2 aromatic rings. The van der Waals surface area contributed by atoms with Crippen LogP contribution in [0.1, 0.15) is 12.0 Å². The minimum Gasteiger partial charge on any atom is -0.350 e. The molecular weight excluding hydrogens is 333 g/mol. The van der Waals surface area contributed by atoms with Crippen molar-refractivity contribution in [3.8, 4) is 11.3 Å². The van der Waals surface area contributed by atoms with Crippen LogP contribution in [0.25, 0.3) is 11.3 Å². The number of aromatic nitrogens is 1. The van der Waals surface area contributed by atoms with Crippen molar-refractivity contribution < 1.29 is 23.1 Å². The van der Waals surface area contributed by atoms with Crippen molar-refractivity contribution in [3.05, 3.63) is 53.2 Å². The van der Waals surface area contributed by atoms with Gasteiger partial charge in [-0.15, -0.1) is 0 Å². The second kappa shape index (κ2) is 5.50. The van der Waals surface area contributed by atoms with Gasteiger partial charge in [0.1, 0.15) is 5.15 Å². The number of benzene rings is 1. The highest BCUT2D eigenvalue weighted by molar-refractivity contribution is 6.29. The van der Waals surface area contributed by atoms with Crippen molar-refractivity contribution in [2.75, 3.05) is 0 Å². The maximum atomic E-state index is 12.7. The Morgan fingerprint density at radius 1 is 1.09 bits per heavy atom. The molecule has 1 aliphatic rings. The van der Waals surface area contributed by atoms with Gasteiger partial charge in [-0.1, -0.05) is 47.1 Å². The van der Waals surface area contributed by atoms with Crippen LogP contribution in [0.2, 0.25) is 5.15 Å². The molecule has 4 nitrogen and oxygen atoms in total. The lowest BCUT2D eigenvalue weighted by Crippen LogP contribution is -2.45. The van der Waals surface area contributed by atoms with Crippen molar-refractivity contribution in [1.82, 2.24) is 4.98 Å². The number of alkyl halides is 3. The number of pyridine rings is 1. The van der Waals surface area contributed by atoms with E-state index in [0.29, 0.717) is 16.4 Å². The average molecular weight is 343 g/mol. The fourth-order valence-corrected chi connectivity index (χ4v) is 2.30. The van der Waals surface area contributed by atoms with Gasteiger partial charge in [0.15, 0.2) is 0 Å². The van der Waals surface area contributed by atoms with Gasteiger partial charge in [-0.05, 0) is 17.7 Å². The van der Waals surface area contributed by atoms with E-state index in [0.717, 1.165) is 5.56 Å². The van der Waals surface area contributed by atoms with E-state index in [1.807, 2.05) is 0 Å². The van der Waals surface area contributed by atoms with E-state index in [2.05, 4.69) is 15.0 Å². The molecule has 120 valence electrons. The highest BCUT2D eigenvalue weighted by Gasteiger charge is 2.60. The lowest BCUT2D eigenvalue weighted by Gasteiger charge is -2.22. The van der Waals surface area contributed by atoms with Gasteiger partial charge in [0, 0.05) is 5.56 Å². The molecule has 1 aromatic carbocycles. The molecule has 0 radical (unpaired) electrons. The number of hydrogen-bond acceptors (Lipinski definition) is 4. The molecule has 1 unspecified atom stereocenters. The zero-order valence-electron chi connectivity index (χ0n) is 11.5. The number of halogens is 4. The van der Waals surface area contributed by atoms with Crippen LogP contribution in [0.15, 0.2) is 47.6 Å². The molecule has 8 heteroatoms. The monoisotopic (exact) mass is 342 g/mol. The molecule has 2 heterocycles. The van der Waals surface area contributed by atoms with E-state index >= 15 is 0 Å². The first kappa shape index (κ1) is 15.8. The Hall–Kier alpha value is -2.12. The van der Waals surface area contributed by atoms with E-state index in [-0.39, 0.29) is 5.71 Å². The summed E-state index contributed by atoms with van der Waals surface area (Å²) >= 11 is 5.82. The molecule has 1 atom stereocenters. The zero-order valence-corrected chi connectivity index (χ0v) is 12.3.